The Kier molecular flexibility index (Phi) is 4.94. The van der Waals surface area contributed by atoms with Gasteiger partial charge in [0.15, 0.2) is 6.39 Å². The summed E-state index contributed by atoms with van der Waals surface area (Å²) >= 11 is 0. The van der Waals surface area contributed by atoms with Crippen LogP contribution in [0.1, 0.15) is 29.8 Å². The molecule has 2 fully saturated rings. The molecule has 142 valence electrons. The average Bonchev–Trinajstić information content (AvgIpc) is 3.31. The molecule has 27 heavy (non-hydrogen) atoms. The molecule has 0 bridgehead atoms. The summed E-state index contributed by atoms with van der Waals surface area (Å²) in [5, 5.41) is 3.07. The molecule has 0 aliphatic carbocycles. The summed E-state index contributed by atoms with van der Waals surface area (Å²) in [6.07, 6.45) is 3.86. The van der Waals surface area contributed by atoms with Crippen LogP contribution in [0.4, 0.5) is 0 Å². The highest BCUT2D eigenvalue weighted by Crippen LogP contribution is 2.23. The van der Waals surface area contributed by atoms with Crippen LogP contribution in [0.3, 0.4) is 0 Å². The van der Waals surface area contributed by atoms with Gasteiger partial charge in [-0.1, -0.05) is 30.3 Å². The first kappa shape index (κ1) is 17.7. The molecule has 7 nitrogen and oxygen atoms in total. The van der Waals surface area contributed by atoms with Crippen LogP contribution in [0.15, 0.2) is 41.1 Å². The highest BCUT2D eigenvalue weighted by molar-refractivity contribution is 5.97. The molecule has 0 radical (unpaired) electrons. The first-order valence-electron chi connectivity index (χ1n) is 9.42. The van der Waals surface area contributed by atoms with Gasteiger partial charge >= 0.3 is 0 Å². The second kappa shape index (κ2) is 7.52. The third-order valence-electron chi connectivity index (χ3n) is 5.53. The number of nitrogens with one attached hydrogen (secondary N) is 1. The van der Waals surface area contributed by atoms with Crippen LogP contribution in [-0.2, 0) is 4.79 Å². The van der Waals surface area contributed by atoms with Crippen molar-refractivity contribution in [3.05, 3.63) is 42.5 Å². The number of carbonyl (C=O) groups is 2. The fourth-order valence-electron chi connectivity index (χ4n) is 3.96. The van der Waals surface area contributed by atoms with Gasteiger partial charge in [0, 0.05) is 38.3 Å². The van der Waals surface area contributed by atoms with E-state index >= 15 is 0 Å². The molecule has 7 heteroatoms. The summed E-state index contributed by atoms with van der Waals surface area (Å²) in [6, 6.07) is 9.63. The van der Waals surface area contributed by atoms with Crippen molar-refractivity contribution >= 4 is 11.8 Å². The summed E-state index contributed by atoms with van der Waals surface area (Å²) in [5.74, 6) is 0.226. The Hall–Kier alpha value is -2.67. The summed E-state index contributed by atoms with van der Waals surface area (Å²) < 4.78 is 5.37. The van der Waals surface area contributed by atoms with Crippen molar-refractivity contribution in [2.45, 2.75) is 31.3 Å². The number of rotatable bonds is 4. The number of benzene rings is 1. The minimum absolute atomic E-state index is 0.00519. The number of carbonyl (C=O) groups excluding carboxylic acids is 2. The van der Waals surface area contributed by atoms with Gasteiger partial charge in [0.05, 0.1) is 6.04 Å². The standard InChI is InChI=1S/C20H24N4O3/c1-23-10-9-16(20(23)26)24-11-7-15(8-12-24)22-19(25)18-17(21-13-27-18)14-5-3-2-4-6-14/h2-6,13,15-16H,7-12H2,1H3,(H,22,25)/t16-/m0/s1. The van der Waals surface area contributed by atoms with E-state index in [-0.39, 0.29) is 29.7 Å². The first-order valence-corrected chi connectivity index (χ1v) is 9.42. The number of piperidine rings is 1. The van der Waals surface area contributed by atoms with Gasteiger partial charge in [-0.3, -0.25) is 14.5 Å². The molecule has 2 aromatic rings. The fourth-order valence-corrected chi connectivity index (χ4v) is 3.96. The lowest BCUT2D eigenvalue weighted by atomic mass is 10.0. The predicted octanol–water partition coefficient (Wildman–Crippen LogP) is 1.77. The third kappa shape index (κ3) is 3.60. The smallest absolute Gasteiger partial charge is 0.289 e. The zero-order valence-electron chi connectivity index (χ0n) is 15.4. The molecule has 2 saturated heterocycles. The lowest BCUT2D eigenvalue weighted by Gasteiger charge is -2.35. The Morgan fingerprint density at radius 2 is 1.89 bits per heavy atom. The molecule has 1 N–H and O–H groups in total. The van der Waals surface area contributed by atoms with Crippen molar-refractivity contribution in [3.63, 3.8) is 0 Å². The molecule has 4 rings (SSSR count). The van der Waals surface area contributed by atoms with Gasteiger partial charge in [-0.05, 0) is 19.3 Å². The van der Waals surface area contributed by atoms with Gasteiger partial charge in [0.25, 0.3) is 5.91 Å². The van der Waals surface area contributed by atoms with Crippen molar-refractivity contribution in [2.24, 2.45) is 0 Å². The highest BCUT2D eigenvalue weighted by Gasteiger charge is 2.36. The number of likely N-dealkylation sites (tertiary alicyclic amines) is 2. The molecule has 1 aromatic heterocycles. The van der Waals surface area contributed by atoms with Crippen molar-refractivity contribution < 1.29 is 14.0 Å². The number of hydrogen-bond acceptors (Lipinski definition) is 5. The van der Waals surface area contributed by atoms with Crippen molar-refractivity contribution in [1.82, 2.24) is 20.1 Å². The molecule has 1 aromatic carbocycles. The van der Waals surface area contributed by atoms with E-state index in [1.54, 1.807) is 4.90 Å². The van der Waals surface area contributed by atoms with Crippen molar-refractivity contribution in [3.8, 4) is 11.3 Å². The summed E-state index contributed by atoms with van der Waals surface area (Å²) in [6.45, 7) is 2.46. The lowest BCUT2D eigenvalue weighted by molar-refractivity contribution is -0.131. The Morgan fingerprint density at radius 1 is 1.15 bits per heavy atom. The van der Waals surface area contributed by atoms with Gasteiger partial charge in [-0.15, -0.1) is 0 Å². The quantitative estimate of drug-likeness (QED) is 0.890. The molecule has 1 atom stereocenters. The van der Waals surface area contributed by atoms with Crippen molar-refractivity contribution in [2.75, 3.05) is 26.7 Å². The minimum atomic E-state index is -0.235. The van der Waals surface area contributed by atoms with Gasteiger partial charge < -0.3 is 14.6 Å². The molecule has 0 spiro atoms. The predicted molar refractivity (Wildman–Crippen MR) is 100 cm³/mol. The molecule has 2 aliphatic rings. The second-order valence-corrected chi connectivity index (χ2v) is 7.24. The Balaban J connectivity index is 1.36. The molecular weight excluding hydrogens is 344 g/mol. The number of oxazole rings is 1. The SMILES string of the molecule is CN1CC[C@H](N2CCC(NC(=O)c3ocnc3-c3ccccc3)CC2)C1=O. The van der Waals surface area contributed by atoms with E-state index in [1.165, 1.54) is 6.39 Å². The number of likely N-dealkylation sites (N-methyl/N-ethyl adjacent to an activating group) is 1. The van der Waals surface area contributed by atoms with E-state index in [1.807, 2.05) is 37.4 Å². The maximum Gasteiger partial charge on any atom is 0.289 e. The van der Waals surface area contributed by atoms with Crippen LogP contribution < -0.4 is 5.32 Å². The normalized spacial score (nSPS) is 21.6. The van der Waals surface area contributed by atoms with Crippen LogP contribution in [-0.4, -0.2) is 65.4 Å². The molecule has 3 heterocycles. The average molecular weight is 368 g/mol. The van der Waals surface area contributed by atoms with Crippen LogP contribution in [0.2, 0.25) is 0 Å². The van der Waals surface area contributed by atoms with E-state index in [0.717, 1.165) is 44.5 Å². The zero-order valence-corrected chi connectivity index (χ0v) is 15.4. The Morgan fingerprint density at radius 3 is 2.56 bits per heavy atom. The molecule has 2 amide bonds. The van der Waals surface area contributed by atoms with Crippen molar-refractivity contribution in [1.29, 1.82) is 0 Å². The molecule has 0 unspecified atom stereocenters. The maximum atomic E-state index is 12.7. The summed E-state index contributed by atoms with van der Waals surface area (Å²) in [4.78, 5) is 33.1. The van der Waals surface area contributed by atoms with Crippen LogP contribution >= 0.6 is 0 Å². The monoisotopic (exact) mass is 368 g/mol. The largest absolute Gasteiger partial charge is 0.438 e. The maximum absolute atomic E-state index is 12.7. The minimum Gasteiger partial charge on any atom is -0.438 e. The van der Waals surface area contributed by atoms with Gasteiger partial charge in [-0.25, -0.2) is 4.98 Å². The van der Waals surface area contributed by atoms with Gasteiger partial charge in [-0.2, -0.15) is 0 Å². The summed E-state index contributed by atoms with van der Waals surface area (Å²) in [5.41, 5.74) is 1.42. The van der Waals surface area contributed by atoms with Gasteiger partial charge in [0.2, 0.25) is 11.7 Å². The number of hydrogen-bond donors (Lipinski definition) is 1. The van der Waals surface area contributed by atoms with E-state index in [4.69, 9.17) is 4.42 Å². The second-order valence-electron chi connectivity index (χ2n) is 7.24. The first-order chi connectivity index (χ1) is 13.1. The third-order valence-corrected chi connectivity index (χ3v) is 5.53. The van der Waals surface area contributed by atoms with E-state index in [9.17, 15) is 9.59 Å². The number of nitrogens with zero attached hydrogens (tertiary/aromatic N) is 3. The van der Waals surface area contributed by atoms with Crippen LogP contribution in [0.25, 0.3) is 11.3 Å². The van der Waals surface area contributed by atoms with Crippen LogP contribution in [0, 0.1) is 0 Å². The lowest BCUT2D eigenvalue weighted by Crippen LogP contribution is -2.50. The molecular formula is C20H24N4O3. The van der Waals surface area contributed by atoms with Crippen LogP contribution in [0.5, 0.6) is 0 Å². The highest BCUT2D eigenvalue weighted by atomic mass is 16.3. The zero-order chi connectivity index (χ0) is 18.8. The van der Waals surface area contributed by atoms with E-state index in [2.05, 4.69) is 15.2 Å². The van der Waals surface area contributed by atoms with E-state index < -0.39 is 0 Å². The molecule has 0 saturated carbocycles. The molecule has 2 aliphatic heterocycles. The fraction of sp³-hybridized carbons (Fsp3) is 0.450. The Labute approximate surface area is 158 Å². The topological polar surface area (TPSA) is 78.7 Å². The van der Waals surface area contributed by atoms with E-state index in [0.29, 0.717) is 5.69 Å². The number of amides is 2. The Bertz CT molecular complexity index is 812. The number of aromatic nitrogens is 1. The van der Waals surface area contributed by atoms with Gasteiger partial charge in [0.1, 0.15) is 5.69 Å². The summed E-state index contributed by atoms with van der Waals surface area (Å²) in [7, 11) is 1.86.